The van der Waals surface area contributed by atoms with E-state index in [9.17, 15) is 0 Å². The first-order valence-corrected chi connectivity index (χ1v) is 8.85. The molecule has 130 valence electrons. The molecule has 0 spiro atoms. The van der Waals surface area contributed by atoms with E-state index in [-0.39, 0.29) is 6.10 Å². The normalized spacial score (nSPS) is 12.0. The molecule has 0 amide bonds. The van der Waals surface area contributed by atoms with Crippen LogP contribution in [0.2, 0.25) is 0 Å². The van der Waals surface area contributed by atoms with Crippen molar-refractivity contribution in [2.24, 2.45) is 5.92 Å². The van der Waals surface area contributed by atoms with E-state index in [0.29, 0.717) is 5.92 Å². The molecule has 0 radical (unpaired) electrons. The molecule has 0 bridgehead atoms. The molecule has 1 atom stereocenters. The Morgan fingerprint density at radius 1 is 0.917 bits per heavy atom. The average molecular weight is 327 g/mol. The van der Waals surface area contributed by atoms with Crippen LogP contribution in [0.15, 0.2) is 54.6 Å². The molecule has 0 unspecified atom stereocenters. The summed E-state index contributed by atoms with van der Waals surface area (Å²) in [5.74, 6) is 2.51. The molecular weight excluding hydrogens is 298 g/mol. The lowest BCUT2D eigenvalue weighted by atomic mass is 10.1. The van der Waals surface area contributed by atoms with Crippen molar-refractivity contribution in [3.8, 4) is 11.5 Å². The van der Waals surface area contributed by atoms with Crippen molar-refractivity contribution in [1.82, 2.24) is 0 Å². The fourth-order valence-electron chi connectivity index (χ4n) is 2.27. The SMILES string of the molecule is CC[C@H](CNc1ccc(OCCC(C)C)cc1)Oc1ccccc1. The van der Waals surface area contributed by atoms with Gasteiger partial charge in [0.2, 0.25) is 0 Å². The van der Waals surface area contributed by atoms with Gasteiger partial charge < -0.3 is 14.8 Å². The first-order valence-electron chi connectivity index (χ1n) is 8.85. The van der Waals surface area contributed by atoms with E-state index in [4.69, 9.17) is 9.47 Å². The van der Waals surface area contributed by atoms with Gasteiger partial charge in [0.25, 0.3) is 0 Å². The number of hydrogen-bond acceptors (Lipinski definition) is 3. The van der Waals surface area contributed by atoms with Crippen LogP contribution in [0.1, 0.15) is 33.6 Å². The quantitative estimate of drug-likeness (QED) is 0.635. The van der Waals surface area contributed by atoms with Crippen molar-refractivity contribution in [3.05, 3.63) is 54.6 Å². The van der Waals surface area contributed by atoms with Crippen molar-refractivity contribution >= 4 is 5.69 Å². The summed E-state index contributed by atoms with van der Waals surface area (Å²) in [5, 5.41) is 3.44. The third-order valence-corrected chi connectivity index (χ3v) is 3.85. The van der Waals surface area contributed by atoms with Gasteiger partial charge in [0.15, 0.2) is 0 Å². The lowest BCUT2D eigenvalue weighted by molar-refractivity contribution is 0.210. The van der Waals surface area contributed by atoms with Crippen molar-refractivity contribution in [3.63, 3.8) is 0 Å². The summed E-state index contributed by atoms with van der Waals surface area (Å²) in [6, 6.07) is 18.1. The summed E-state index contributed by atoms with van der Waals surface area (Å²) < 4.78 is 11.7. The summed E-state index contributed by atoms with van der Waals surface area (Å²) in [6.45, 7) is 8.10. The predicted molar refractivity (Wildman–Crippen MR) is 101 cm³/mol. The number of rotatable bonds is 10. The second-order valence-corrected chi connectivity index (χ2v) is 6.40. The molecule has 0 aliphatic heterocycles. The first kappa shape index (κ1) is 18.2. The molecule has 0 saturated carbocycles. The molecule has 0 fully saturated rings. The number of anilines is 1. The van der Waals surface area contributed by atoms with Crippen LogP contribution in [-0.2, 0) is 0 Å². The highest BCUT2D eigenvalue weighted by Gasteiger charge is 2.08. The summed E-state index contributed by atoms with van der Waals surface area (Å²) >= 11 is 0. The van der Waals surface area contributed by atoms with Gasteiger partial charge in [-0.3, -0.25) is 0 Å². The number of nitrogens with one attached hydrogen (secondary N) is 1. The fraction of sp³-hybridized carbons (Fsp3) is 0.429. The number of hydrogen-bond donors (Lipinski definition) is 1. The average Bonchev–Trinajstić information content (AvgIpc) is 2.60. The second kappa shape index (κ2) is 9.86. The lowest BCUT2D eigenvalue weighted by Crippen LogP contribution is -2.25. The van der Waals surface area contributed by atoms with Gasteiger partial charge in [-0.25, -0.2) is 0 Å². The van der Waals surface area contributed by atoms with Gasteiger partial charge in [-0.1, -0.05) is 39.0 Å². The van der Waals surface area contributed by atoms with Crippen molar-refractivity contribution in [2.45, 2.75) is 39.7 Å². The Kier molecular flexibility index (Phi) is 7.47. The molecule has 0 aliphatic carbocycles. The maximum absolute atomic E-state index is 6.00. The third kappa shape index (κ3) is 6.53. The molecule has 2 aromatic rings. The van der Waals surface area contributed by atoms with Gasteiger partial charge in [-0.15, -0.1) is 0 Å². The minimum atomic E-state index is 0.148. The Hall–Kier alpha value is -2.16. The zero-order valence-electron chi connectivity index (χ0n) is 15.0. The van der Waals surface area contributed by atoms with Gasteiger partial charge >= 0.3 is 0 Å². The monoisotopic (exact) mass is 327 g/mol. The molecule has 0 heterocycles. The number of benzene rings is 2. The molecule has 0 saturated heterocycles. The van der Waals surface area contributed by atoms with Crippen LogP contribution in [0.4, 0.5) is 5.69 Å². The van der Waals surface area contributed by atoms with Crippen LogP contribution in [0.5, 0.6) is 11.5 Å². The maximum atomic E-state index is 6.00. The van der Waals surface area contributed by atoms with Crippen LogP contribution < -0.4 is 14.8 Å². The number of para-hydroxylation sites is 1. The molecular formula is C21H29NO2. The molecule has 24 heavy (non-hydrogen) atoms. The lowest BCUT2D eigenvalue weighted by Gasteiger charge is -2.19. The van der Waals surface area contributed by atoms with Gasteiger partial charge in [-0.05, 0) is 55.2 Å². The van der Waals surface area contributed by atoms with Crippen molar-refractivity contribution in [2.75, 3.05) is 18.5 Å². The largest absolute Gasteiger partial charge is 0.494 e. The first-order chi connectivity index (χ1) is 11.7. The third-order valence-electron chi connectivity index (χ3n) is 3.85. The minimum absolute atomic E-state index is 0.148. The van der Waals surface area contributed by atoms with Crippen LogP contribution in [0, 0.1) is 5.92 Å². The standard InChI is InChI=1S/C21H29NO2/c1-4-19(24-21-8-6-5-7-9-21)16-22-18-10-12-20(13-11-18)23-15-14-17(2)3/h5-13,17,19,22H,4,14-16H2,1-3H3/t19-/m1/s1. The Balaban J connectivity index is 1.78. The van der Waals surface area contributed by atoms with E-state index in [2.05, 4.69) is 38.2 Å². The highest BCUT2D eigenvalue weighted by atomic mass is 16.5. The molecule has 3 nitrogen and oxygen atoms in total. The maximum Gasteiger partial charge on any atom is 0.119 e. The van der Waals surface area contributed by atoms with Gasteiger partial charge in [0.05, 0.1) is 13.2 Å². The van der Waals surface area contributed by atoms with Crippen LogP contribution in [-0.4, -0.2) is 19.3 Å². The highest BCUT2D eigenvalue weighted by molar-refractivity contribution is 5.46. The van der Waals surface area contributed by atoms with Crippen molar-refractivity contribution < 1.29 is 9.47 Å². The van der Waals surface area contributed by atoms with E-state index in [1.54, 1.807) is 0 Å². The smallest absolute Gasteiger partial charge is 0.119 e. The number of ether oxygens (including phenoxy) is 2. The highest BCUT2D eigenvalue weighted by Crippen LogP contribution is 2.17. The Morgan fingerprint density at radius 3 is 2.25 bits per heavy atom. The van der Waals surface area contributed by atoms with Crippen LogP contribution in [0.3, 0.4) is 0 Å². The van der Waals surface area contributed by atoms with Gasteiger partial charge in [0, 0.05) is 5.69 Å². The van der Waals surface area contributed by atoms with Gasteiger partial charge in [0.1, 0.15) is 17.6 Å². The summed E-state index contributed by atoms with van der Waals surface area (Å²) in [5.41, 5.74) is 1.08. The Bertz CT molecular complexity index is 566. The molecule has 2 rings (SSSR count). The van der Waals surface area contributed by atoms with E-state index in [0.717, 1.165) is 43.2 Å². The zero-order valence-corrected chi connectivity index (χ0v) is 15.0. The minimum Gasteiger partial charge on any atom is -0.494 e. The zero-order chi connectivity index (χ0) is 17.2. The topological polar surface area (TPSA) is 30.5 Å². The summed E-state index contributed by atoms with van der Waals surface area (Å²) in [6.07, 6.45) is 2.18. The summed E-state index contributed by atoms with van der Waals surface area (Å²) in [7, 11) is 0. The van der Waals surface area contributed by atoms with Crippen LogP contribution in [0.25, 0.3) is 0 Å². The fourth-order valence-corrected chi connectivity index (χ4v) is 2.27. The second-order valence-electron chi connectivity index (χ2n) is 6.40. The molecule has 0 aliphatic rings. The molecule has 3 heteroatoms. The van der Waals surface area contributed by atoms with Crippen molar-refractivity contribution in [1.29, 1.82) is 0 Å². The molecule has 1 N–H and O–H groups in total. The van der Waals surface area contributed by atoms with E-state index in [1.807, 2.05) is 42.5 Å². The Labute approximate surface area is 146 Å². The van der Waals surface area contributed by atoms with E-state index >= 15 is 0 Å². The molecule has 2 aromatic carbocycles. The van der Waals surface area contributed by atoms with Gasteiger partial charge in [-0.2, -0.15) is 0 Å². The van der Waals surface area contributed by atoms with E-state index < -0.39 is 0 Å². The van der Waals surface area contributed by atoms with E-state index in [1.165, 1.54) is 0 Å². The van der Waals surface area contributed by atoms with Crippen LogP contribution >= 0.6 is 0 Å². The Morgan fingerprint density at radius 2 is 1.62 bits per heavy atom. The molecule has 0 aromatic heterocycles. The summed E-state index contributed by atoms with van der Waals surface area (Å²) in [4.78, 5) is 0. The predicted octanol–water partition coefficient (Wildman–Crippen LogP) is 5.38.